The van der Waals surface area contributed by atoms with E-state index in [1.54, 1.807) is 6.20 Å². The van der Waals surface area contributed by atoms with Crippen molar-refractivity contribution in [2.75, 3.05) is 13.1 Å². The maximum atomic E-state index is 12.5. The molecule has 120 valence electrons. The third kappa shape index (κ3) is 3.66. The van der Waals surface area contributed by atoms with Crippen molar-refractivity contribution < 1.29 is 4.79 Å². The van der Waals surface area contributed by atoms with E-state index in [1.807, 2.05) is 29.2 Å². The zero-order chi connectivity index (χ0) is 14.1. The number of nitrogens with two attached hydrogens (primary N) is 1. The summed E-state index contributed by atoms with van der Waals surface area (Å²) in [6.45, 7) is 3.46. The lowest BCUT2D eigenvalue weighted by Crippen LogP contribution is -2.48. The molecule has 1 amide bonds. The quantitative estimate of drug-likeness (QED) is 0.862. The molecule has 2 aromatic rings. The lowest BCUT2D eigenvalue weighted by molar-refractivity contribution is 0.0658. The van der Waals surface area contributed by atoms with Gasteiger partial charge in [0.25, 0.3) is 5.91 Å². The van der Waals surface area contributed by atoms with E-state index in [9.17, 15) is 4.79 Å². The molecule has 1 aromatic heterocycles. The first-order chi connectivity index (χ1) is 9.65. The Morgan fingerprint density at radius 1 is 1.27 bits per heavy atom. The number of halogens is 2. The summed E-state index contributed by atoms with van der Waals surface area (Å²) < 4.78 is 0. The molecule has 3 rings (SSSR count). The van der Waals surface area contributed by atoms with E-state index in [0.717, 1.165) is 17.5 Å². The van der Waals surface area contributed by atoms with Gasteiger partial charge in [-0.05, 0) is 24.5 Å². The summed E-state index contributed by atoms with van der Waals surface area (Å²) in [5, 5.41) is 0. The molecule has 1 aliphatic heterocycles. The monoisotopic (exact) mass is 342 g/mol. The Bertz CT molecular complexity index is 652. The molecule has 1 fully saturated rings. The summed E-state index contributed by atoms with van der Waals surface area (Å²) in [6.07, 6.45) is 2.40. The van der Waals surface area contributed by atoms with Crippen molar-refractivity contribution in [1.29, 1.82) is 0 Å². The van der Waals surface area contributed by atoms with Crippen LogP contribution in [0.2, 0.25) is 0 Å². The Balaban J connectivity index is 0.00000121. The van der Waals surface area contributed by atoms with Gasteiger partial charge in [0.15, 0.2) is 0 Å². The molecular weight excluding hydrogens is 323 g/mol. The lowest BCUT2D eigenvalue weighted by atomic mass is 9.94. The van der Waals surface area contributed by atoms with E-state index in [4.69, 9.17) is 5.73 Å². The van der Waals surface area contributed by atoms with Gasteiger partial charge in [-0.3, -0.25) is 9.78 Å². The van der Waals surface area contributed by atoms with Gasteiger partial charge in [-0.15, -0.1) is 24.8 Å². The smallest absolute Gasteiger partial charge is 0.274 e. The summed E-state index contributed by atoms with van der Waals surface area (Å²) in [5.41, 5.74) is 7.95. The van der Waals surface area contributed by atoms with Crippen LogP contribution in [0, 0.1) is 5.92 Å². The molecule has 2 N–H and O–H groups in total. The maximum absolute atomic E-state index is 12.5. The average Bonchev–Trinajstić information content (AvgIpc) is 2.49. The summed E-state index contributed by atoms with van der Waals surface area (Å²) in [5.74, 6) is 0.267. The fourth-order valence-electron chi connectivity index (χ4n) is 2.57. The molecule has 0 radical (unpaired) electrons. The highest BCUT2D eigenvalue weighted by atomic mass is 35.5. The number of amides is 1. The van der Waals surface area contributed by atoms with Crippen LogP contribution >= 0.6 is 24.8 Å². The molecular formula is C15H20Cl2N4O. The third-order valence-electron chi connectivity index (χ3n) is 3.93. The van der Waals surface area contributed by atoms with Gasteiger partial charge in [-0.1, -0.05) is 19.1 Å². The Hall–Kier alpha value is -1.43. The number of carbonyl (C=O) groups excluding carboxylic acids is 1. The van der Waals surface area contributed by atoms with E-state index in [0.29, 0.717) is 24.7 Å². The number of fused-ring (bicyclic) bond motifs is 1. The Labute approximate surface area is 142 Å². The Morgan fingerprint density at radius 3 is 2.64 bits per heavy atom. The fraction of sp³-hybridized carbons (Fsp3) is 0.400. The summed E-state index contributed by atoms with van der Waals surface area (Å²) in [7, 11) is 0. The number of hydrogen-bond acceptors (Lipinski definition) is 4. The second-order valence-electron chi connectivity index (χ2n) is 5.42. The zero-order valence-electron chi connectivity index (χ0n) is 12.3. The van der Waals surface area contributed by atoms with Crippen molar-refractivity contribution >= 4 is 41.8 Å². The molecule has 2 unspecified atom stereocenters. The van der Waals surface area contributed by atoms with Crippen LogP contribution in [-0.4, -0.2) is 39.9 Å². The maximum Gasteiger partial charge on any atom is 0.274 e. The summed E-state index contributed by atoms with van der Waals surface area (Å²) in [6, 6.07) is 7.74. The van der Waals surface area contributed by atoms with E-state index in [2.05, 4.69) is 16.9 Å². The van der Waals surface area contributed by atoms with Crippen LogP contribution in [0.15, 0.2) is 30.5 Å². The first-order valence-corrected chi connectivity index (χ1v) is 6.92. The number of rotatable bonds is 1. The van der Waals surface area contributed by atoms with Gasteiger partial charge in [-0.25, -0.2) is 4.98 Å². The van der Waals surface area contributed by atoms with E-state index in [1.165, 1.54) is 0 Å². The van der Waals surface area contributed by atoms with Crippen LogP contribution in [0.25, 0.3) is 11.0 Å². The van der Waals surface area contributed by atoms with Gasteiger partial charge >= 0.3 is 0 Å². The minimum absolute atomic E-state index is 0. The van der Waals surface area contributed by atoms with Crippen LogP contribution < -0.4 is 5.73 Å². The van der Waals surface area contributed by atoms with Crippen LogP contribution in [0.1, 0.15) is 23.8 Å². The van der Waals surface area contributed by atoms with Crippen molar-refractivity contribution in [3.63, 3.8) is 0 Å². The first-order valence-electron chi connectivity index (χ1n) is 6.92. The second-order valence-corrected chi connectivity index (χ2v) is 5.42. The molecule has 1 aliphatic rings. The summed E-state index contributed by atoms with van der Waals surface area (Å²) >= 11 is 0. The van der Waals surface area contributed by atoms with E-state index < -0.39 is 0 Å². The molecule has 1 aromatic carbocycles. The molecule has 22 heavy (non-hydrogen) atoms. The normalized spacial score (nSPS) is 20.9. The number of para-hydroxylation sites is 2. The van der Waals surface area contributed by atoms with Crippen LogP contribution in [-0.2, 0) is 0 Å². The van der Waals surface area contributed by atoms with Crippen molar-refractivity contribution in [3.05, 3.63) is 36.2 Å². The highest BCUT2D eigenvalue weighted by Gasteiger charge is 2.27. The highest BCUT2D eigenvalue weighted by molar-refractivity contribution is 5.93. The Kier molecular flexibility index (Phi) is 6.53. The molecule has 1 saturated heterocycles. The predicted molar refractivity (Wildman–Crippen MR) is 91.7 cm³/mol. The standard InChI is InChI=1S/C15H18N4O.2ClH/c1-10-9-19(7-6-11(10)16)15(20)14-8-17-12-4-2-3-5-13(12)18-14;;/h2-5,8,10-11H,6-7,9,16H2,1H3;2*1H. The van der Waals surface area contributed by atoms with E-state index >= 15 is 0 Å². The van der Waals surface area contributed by atoms with Crippen molar-refractivity contribution in [3.8, 4) is 0 Å². The number of carbonyl (C=O) groups is 1. The topological polar surface area (TPSA) is 72.1 Å². The molecule has 0 aliphatic carbocycles. The average molecular weight is 343 g/mol. The number of hydrogen-bond donors (Lipinski definition) is 1. The number of nitrogens with zero attached hydrogens (tertiary/aromatic N) is 3. The Morgan fingerprint density at radius 2 is 1.95 bits per heavy atom. The summed E-state index contributed by atoms with van der Waals surface area (Å²) in [4.78, 5) is 23.0. The number of benzene rings is 1. The molecule has 5 nitrogen and oxygen atoms in total. The van der Waals surface area contributed by atoms with Crippen LogP contribution in [0.4, 0.5) is 0 Å². The number of likely N-dealkylation sites (tertiary alicyclic amines) is 1. The van der Waals surface area contributed by atoms with Crippen LogP contribution in [0.5, 0.6) is 0 Å². The molecule has 0 bridgehead atoms. The van der Waals surface area contributed by atoms with Gasteiger partial charge in [0.2, 0.25) is 0 Å². The minimum atomic E-state index is -0.0537. The van der Waals surface area contributed by atoms with Crippen molar-refractivity contribution in [1.82, 2.24) is 14.9 Å². The van der Waals surface area contributed by atoms with Gasteiger partial charge < -0.3 is 10.6 Å². The molecule has 0 spiro atoms. The van der Waals surface area contributed by atoms with Gasteiger partial charge in [0, 0.05) is 19.1 Å². The van der Waals surface area contributed by atoms with Crippen LogP contribution in [0.3, 0.4) is 0 Å². The third-order valence-corrected chi connectivity index (χ3v) is 3.93. The zero-order valence-corrected chi connectivity index (χ0v) is 13.9. The van der Waals surface area contributed by atoms with Gasteiger partial charge in [0.05, 0.1) is 17.2 Å². The largest absolute Gasteiger partial charge is 0.337 e. The SMILES string of the molecule is CC1CN(C(=O)c2cnc3ccccc3n2)CCC1N.Cl.Cl. The highest BCUT2D eigenvalue weighted by Crippen LogP contribution is 2.17. The molecule has 7 heteroatoms. The van der Waals surface area contributed by atoms with E-state index in [-0.39, 0.29) is 36.8 Å². The van der Waals surface area contributed by atoms with Gasteiger partial charge in [-0.2, -0.15) is 0 Å². The number of aromatic nitrogens is 2. The minimum Gasteiger partial charge on any atom is -0.337 e. The second kappa shape index (κ2) is 7.72. The number of piperidine rings is 1. The van der Waals surface area contributed by atoms with Crippen molar-refractivity contribution in [2.45, 2.75) is 19.4 Å². The van der Waals surface area contributed by atoms with Gasteiger partial charge in [0.1, 0.15) is 5.69 Å². The fourth-order valence-corrected chi connectivity index (χ4v) is 2.57. The molecule has 2 atom stereocenters. The van der Waals surface area contributed by atoms with Crippen molar-refractivity contribution in [2.24, 2.45) is 11.7 Å². The molecule has 2 heterocycles. The molecule has 0 saturated carbocycles. The predicted octanol–water partition coefficient (Wildman–Crippen LogP) is 2.28. The lowest BCUT2D eigenvalue weighted by Gasteiger charge is -2.34. The first kappa shape index (κ1) is 18.6.